The molecule has 4 bridgehead atoms. The van der Waals surface area contributed by atoms with Gasteiger partial charge in [0.15, 0.2) is 100 Å². The zero-order chi connectivity index (χ0) is 75.8. The molecule has 4 unspecified atom stereocenters. The van der Waals surface area contributed by atoms with E-state index in [9.17, 15) is 43.0 Å². The standard InChI is InChI=1S/C34H35F2N11O12P2S.C20H22F2N10O10P2S.H3N/c1-16(2)29(48)44-34-43-28-23(31(50)45-34)41-15-47(28)33-25-20(35)18(56-33)11-54-60(51,53-10-6-9-37)58-24-19(12-55-61(52,62)59-25)57-32(21(24)36)46-14-40-22-26(38-13-39-27(22)46)42-30(49)17-7-4-3-5-8-17;21-8-6-1-37-43(34,35)41-12-7(40-18(9(12)22)31-4-27-10-14(23)25-3-26-15(10)31)2-38-44(36,45)42-13(8)19(39-6)32-5-28-11-16(32)29-20(24)30-17(11)33;/h3-5,7-8,13-16,18-21,24-25,32-33H,6,10-12H2,1-2H3,(H,52,62)(H,38,39,42,49)(H2,43,44,45,48,50);3-9,12-13,18-19H,1-2H2,(H,34,35)(H,36,45)(H2,23,25,26)(H3,24,29,30,33);1H3/t18-,19-,20-,21-,24-,25-,32-,33-,60?,61?;6-,7-,8-,9-,12-,13-,18-,19-,44?;/m11./s1. The third-order valence-electron chi connectivity index (χ3n) is 16.9. The van der Waals surface area contributed by atoms with Crippen molar-refractivity contribution < 1.29 is 111 Å². The van der Waals surface area contributed by atoms with Crippen LogP contribution < -0.4 is 39.4 Å². The van der Waals surface area contributed by atoms with Crippen LogP contribution in [0.25, 0.3) is 44.7 Å². The molecule has 15 rings (SSSR count). The van der Waals surface area contributed by atoms with E-state index in [0.29, 0.717) is 5.56 Å². The fourth-order valence-corrected chi connectivity index (χ4v) is 17.0. The van der Waals surface area contributed by atoms with E-state index in [1.807, 2.05) is 0 Å². The van der Waals surface area contributed by atoms with Gasteiger partial charge in [-0.25, -0.2) is 66.6 Å². The highest BCUT2D eigenvalue weighted by Crippen LogP contribution is 2.58. The van der Waals surface area contributed by atoms with Crippen LogP contribution in [0.4, 0.5) is 41.1 Å². The number of hydrogen-bond donors (Lipinski definition) is 10. The summed E-state index contributed by atoms with van der Waals surface area (Å²) in [4.78, 5) is 129. The topological polar surface area (TPSA) is 598 Å². The smallest absolute Gasteiger partial charge is 0.382 e. The Labute approximate surface area is 610 Å². The molecule has 6 aliphatic heterocycles. The Hall–Kier alpha value is -8.15. The predicted octanol–water partition coefficient (Wildman–Crippen LogP) is 3.24. The van der Waals surface area contributed by atoms with Crippen LogP contribution >= 0.6 is 29.1 Å². The number of carbonyl (C=O) groups is 2. The van der Waals surface area contributed by atoms with Crippen LogP contribution in [0.5, 0.6) is 0 Å². The molecule has 0 radical (unpaired) electrons. The molecule has 20 atom stereocenters. The molecule has 1 aromatic carbocycles. The Morgan fingerprint density at radius 2 is 1.11 bits per heavy atom. The summed E-state index contributed by atoms with van der Waals surface area (Å²) < 4.78 is 169. The number of benzene rings is 1. The van der Waals surface area contributed by atoms with Crippen molar-refractivity contribution in [3.8, 4) is 6.07 Å². The van der Waals surface area contributed by atoms with Crippen LogP contribution in [0.3, 0.4) is 0 Å². The summed E-state index contributed by atoms with van der Waals surface area (Å²) in [6.45, 7) is -9.64. The summed E-state index contributed by atoms with van der Waals surface area (Å²) in [5, 5.41) is 14.3. The van der Waals surface area contributed by atoms with Gasteiger partial charge >= 0.3 is 29.1 Å². The first kappa shape index (κ1) is 78.0. The van der Waals surface area contributed by atoms with E-state index in [4.69, 9.17) is 100 Å². The van der Waals surface area contributed by atoms with E-state index in [0.717, 1.165) is 45.3 Å². The zero-order valence-electron chi connectivity index (χ0n) is 55.2. The second-order valence-electron chi connectivity index (χ2n) is 24.2. The number of nitrogen functional groups attached to an aromatic ring is 2. The van der Waals surface area contributed by atoms with Gasteiger partial charge in [0.1, 0.15) is 67.0 Å². The molecule has 0 aliphatic carbocycles. The molecule has 9 aromatic rings. The number of phosphoric ester groups is 2. The minimum atomic E-state index is -5.15. The van der Waals surface area contributed by atoms with Gasteiger partial charge in [0.25, 0.3) is 17.0 Å². The van der Waals surface area contributed by atoms with Gasteiger partial charge in [-0.15, -0.1) is 0 Å². The second-order valence-corrected chi connectivity index (χ2v) is 32.8. The van der Waals surface area contributed by atoms with Crippen molar-refractivity contribution in [1.82, 2.24) is 84.2 Å². The summed E-state index contributed by atoms with van der Waals surface area (Å²) in [5.41, 5.74) is 9.84. The number of aromatic nitrogens is 16. The number of alkyl halides is 4. The maximum atomic E-state index is 16.8. The van der Waals surface area contributed by atoms with Crippen molar-refractivity contribution in [3.05, 3.63) is 94.6 Å². The fourth-order valence-electron chi connectivity index (χ4n) is 11.9. The van der Waals surface area contributed by atoms with Crippen molar-refractivity contribution in [1.29, 1.82) is 5.26 Å². The fraction of sp³-hybridized carbons (Fsp3) is 0.463. The Morgan fingerprint density at radius 1 is 0.620 bits per heavy atom. The number of halogens is 4. The van der Waals surface area contributed by atoms with Gasteiger partial charge in [-0.1, -0.05) is 32.0 Å². The predicted molar refractivity (Wildman–Crippen MR) is 364 cm³/mol. The van der Waals surface area contributed by atoms with Crippen molar-refractivity contribution >= 4 is 133 Å². The molecule has 0 saturated carbocycles. The lowest BCUT2D eigenvalue weighted by Gasteiger charge is -2.27. The average molecular weight is 1630 g/mol. The molecule has 44 nitrogen and oxygen atoms in total. The largest absolute Gasteiger partial charge is 0.475 e. The molecule has 108 heavy (non-hydrogen) atoms. The number of ether oxygens (including phenoxy) is 4. The van der Waals surface area contributed by atoms with E-state index < -0.39 is 189 Å². The van der Waals surface area contributed by atoms with Crippen molar-refractivity contribution in [2.45, 2.75) is 119 Å². The first-order valence-corrected chi connectivity index (χ1v) is 39.7. The summed E-state index contributed by atoms with van der Waals surface area (Å²) in [6.07, 6.45) is -22.4. The van der Waals surface area contributed by atoms with Crippen LogP contribution in [0.2, 0.25) is 0 Å². The van der Waals surface area contributed by atoms with Crippen LogP contribution in [0.15, 0.2) is 77.9 Å². The highest BCUT2D eigenvalue weighted by atomic mass is 32.5. The monoisotopic (exact) mass is 1630 g/mol. The Bertz CT molecular complexity index is 5290. The summed E-state index contributed by atoms with van der Waals surface area (Å²) in [7, 11) is -10.1. The number of carbonyl (C=O) groups excluding carboxylic acids is 2. The second kappa shape index (κ2) is 31.0. The number of fused-ring (bicyclic) bond motifs is 10. The van der Waals surface area contributed by atoms with Crippen LogP contribution in [-0.4, -0.2) is 211 Å². The van der Waals surface area contributed by atoms with Gasteiger partial charge in [-0.05, 0) is 35.7 Å². The third-order valence-corrected chi connectivity index (χ3v) is 22.5. The molecule has 6 aliphatic rings. The lowest BCUT2D eigenvalue weighted by molar-refractivity contribution is -0.119. The zero-order valence-corrected chi connectivity index (χ0v) is 60.4. The minimum absolute atomic E-state index is 0. The van der Waals surface area contributed by atoms with Crippen molar-refractivity contribution in [2.75, 3.05) is 55.1 Å². The van der Waals surface area contributed by atoms with E-state index in [1.54, 1.807) is 50.2 Å². The minimum Gasteiger partial charge on any atom is -0.382 e. The molecule has 14 N–H and O–H groups in total. The van der Waals surface area contributed by atoms with Crippen LogP contribution in [-0.2, 0) is 97.2 Å². The van der Waals surface area contributed by atoms with E-state index in [2.05, 4.69) is 70.4 Å². The molecule has 6 saturated heterocycles. The highest BCUT2D eigenvalue weighted by Gasteiger charge is 2.57. The average Bonchev–Trinajstić information content (AvgIpc) is 1.62. The number of imidazole rings is 4. The van der Waals surface area contributed by atoms with Gasteiger partial charge in [-0.2, -0.15) is 15.2 Å². The van der Waals surface area contributed by atoms with Crippen molar-refractivity contribution in [2.24, 2.45) is 5.92 Å². The molecule has 8 aromatic heterocycles. The van der Waals surface area contributed by atoms with E-state index in [1.165, 1.54) is 10.9 Å². The number of nitrogens with two attached hydrogens (primary N) is 2. The Balaban J connectivity index is 0.000000198. The number of anilines is 4. The number of aromatic amines is 2. The molecule has 0 spiro atoms. The van der Waals surface area contributed by atoms with E-state index in [-0.39, 0.29) is 80.8 Å². The number of hydrogen-bond acceptors (Lipinski definition) is 35. The molecular formula is C54H60F4N22O22P4S2. The number of H-pyrrole nitrogens is 2. The van der Waals surface area contributed by atoms with Crippen LogP contribution in [0, 0.1) is 17.2 Å². The number of rotatable bonds is 11. The molecule has 6 fully saturated rings. The van der Waals surface area contributed by atoms with Gasteiger partial charge in [0, 0.05) is 11.5 Å². The SMILES string of the molecule is CC(C)C(=O)Nc1nc2c(ncn2[C@@H]2O[C@@H]3COP(=O)(OCCC#N)O[C@H]4[C@@H](F)[C@H](n5cnc6c(NC(=O)c7ccccc7)ncnc65)O[C@@H]4COP(O)(=S)O[C@@H]2[C@@H]3F)c(=O)[nH]1.N.Nc1nc2c(ncn2[C@@H]2O[C@@H]3COP(=O)(O)O[C@H]4[C@@H](F)[C@H](n5cnc6c(N)ncnc65)O[C@@H]4COP(O)(=S)O[C@@H]2[C@@H]3F)c(=O)[nH]1. The molecular weight excluding hydrogens is 1570 g/mol. The first-order valence-electron chi connectivity index (χ1n) is 31.5. The van der Waals surface area contributed by atoms with Crippen LogP contribution in [0.1, 0.15) is 55.5 Å². The third kappa shape index (κ3) is 15.7. The normalized spacial score (nSPS) is 33.1. The van der Waals surface area contributed by atoms with Crippen molar-refractivity contribution in [3.63, 3.8) is 0 Å². The highest BCUT2D eigenvalue weighted by molar-refractivity contribution is 8.07. The number of phosphoric acid groups is 2. The van der Waals surface area contributed by atoms with Gasteiger partial charge in [0.05, 0.1) is 70.8 Å². The lowest BCUT2D eigenvalue weighted by Crippen LogP contribution is -2.34. The maximum Gasteiger partial charge on any atom is 0.475 e. The summed E-state index contributed by atoms with van der Waals surface area (Å²) >= 11 is 10.4. The molecule has 578 valence electrons. The Morgan fingerprint density at radius 3 is 1.69 bits per heavy atom. The van der Waals surface area contributed by atoms with E-state index >= 15 is 17.6 Å². The number of nitriles is 1. The summed E-state index contributed by atoms with van der Waals surface area (Å²) in [6, 6.07) is 10.1. The molecule has 2 amide bonds. The van der Waals surface area contributed by atoms with Gasteiger partial charge in [0.2, 0.25) is 17.8 Å². The van der Waals surface area contributed by atoms with Gasteiger partial charge < -0.3 is 65.6 Å². The number of amides is 2. The molecule has 14 heterocycles. The first-order chi connectivity index (χ1) is 51.0. The Kier molecular flexibility index (Phi) is 22.4. The lowest BCUT2D eigenvalue weighted by atomic mass is 10.1. The quantitative estimate of drug-likeness (QED) is 0.0505. The summed E-state index contributed by atoms with van der Waals surface area (Å²) in [5.74, 6) is -2.02. The number of nitrogens with zero attached hydrogens (tertiary/aromatic N) is 15. The molecule has 54 heteroatoms. The van der Waals surface area contributed by atoms with Gasteiger partial charge in [-0.3, -0.25) is 84.4 Å². The maximum absolute atomic E-state index is 16.8. The number of nitrogens with one attached hydrogen (secondary N) is 4.